The highest BCUT2D eigenvalue weighted by atomic mass is 16.6. The number of likely N-dealkylation sites (tertiary alicyclic amines) is 1. The van der Waals surface area contributed by atoms with Crippen molar-refractivity contribution in [3.05, 3.63) is 11.1 Å². The average Bonchev–Trinajstić information content (AvgIpc) is 2.46. The summed E-state index contributed by atoms with van der Waals surface area (Å²) in [7, 11) is 0. The van der Waals surface area contributed by atoms with Crippen LogP contribution in [0.4, 0.5) is 4.79 Å². The van der Waals surface area contributed by atoms with Crippen molar-refractivity contribution in [3.8, 4) is 0 Å². The largest absolute Gasteiger partial charge is 0.478 e. The molecule has 1 saturated heterocycles. The van der Waals surface area contributed by atoms with Gasteiger partial charge in [0.25, 0.3) is 0 Å². The van der Waals surface area contributed by atoms with Crippen molar-refractivity contribution in [2.24, 2.45) is 0 Å². The van der Waals surface area contributed by atoms with Crippen LogP contribution in [0.2, 0.25) is 0 Å². The molecule has 0 unspecified atom stereocenters. The zero-order chi connectivity index (χ0) is 16.0. The van der Waals surface area contributed by atoms with Crippen molar-refractivity contribution in [2.75, 3.05) is 19.7 Å². The highest BCUT2D eigenvalue weighted by Gasteiger charge is 2.25. The third kappa shape index (κ3) is 4.77. The van der Waals surface area contributed by atoms with E-state index in [0.717, 1.165) is 0 Å². The molecule has 0 aromatic carbocycles. The first-order valence-electron chi connectivity index (χ1n) is 7.00. The lowest BCUT2D eigenvalue weighted by Crippen LogP contribution is -2.47. The Kier molecular flexibility index (Phi) is 6.20. The molecule has 1 aliphatic rings. The van der Waals surface area contributed by atoms with Gasteiger partial charge in [0.15, 0.2) is 0 Å². The molecule has 118 valence electrons. The van der Waals surface area contributed by atoms with E-state index in [0.29, 0.717) is 32.5 Å². The standard InChI is InChI=1S/C14H22N2O5/c1-4-21-14(20)16-7-5-11(6-8-16)15-12(17)9(2)10(3)13(18)19/h11H,4-8H2,1-3H3,(H,15,17)(H,18,19). The summed E-state index contributed by atoms with van der Waals surface area (Å²) in [5.74, 6) is -1.47. The second-order valence-electron chi connectivity index (χ2n) is 4.99. The maximum Gasteiger partial charge on any atom is 0.409 e. The molecule has 0 aliphatic carbocycles. The predicted molar refractivity (Wildman–Crippen MR) is 75.8 cm³/mol. The van der Waals surface area contributed by atoms with Gasteiger partial charge in [-0.3, -0.25) is 4.79 Å². The maximum absolute atomic E-state index is 11.9. The molecule has 0 bridgehead atoms. The minimum atomic E-state index is -1.10. The Bertz CT molecular complexity index is 450. The normalized spacial score (nSPS) is 17.0. The van der Waals surface area contributed by atoms with E-state index in [-0.39, 0.29) is 29.2 Å². The molecule has 1 rings (SSSR count). The molecule has 0 radical (unpaired) electrons. The van der Waals surface area contributed by atoms with Gasteiger partial charge in [0, 0.05) is 30.3 Å². The highest BCUT2D eigenvalue weighted by molar-refractivity contribution is 6.01. The monoisotopic (exact) mass is 298 g/mol. The molecule has 7 nitrogen and oxygen atoms in total. The van der Waals surface area contributed by atoms with E-state index >= 15 is 0 Å². The number of piperidine rings is 1. The summed E-state index contributed by atoms with van der Waals surface area (Å²) < 4.78 is 4.92. The van der Waals surface area contributed by atoms with Crippen LogP contribution in [-0.2, 0) is 14.3 Å². The minimum Gasteiger partial charge on any atom is -0.478 e. The van der Waals surface area contributed by atoms with Crippen molar-refractivity contribution < 1.29 is 24.2 Å². The van der Waals surface area contributed by atoms with Crippen LogP contribution in [0.15, 0.2) is 11.1 Å². The molecule has 2 amide bonds. The number of rotatable bonds is 4. The Morgan fingerprint density at radius 3 is 2.24 bits per heavy atom. The molecule has 2 N–H and O–H groups in total. The first-order valence-corrected chi connectivity index (χ1v) is 7.00. The Balaban J connectivity index is 2.49. The number of carboxylic acids is 1. The molecule has 1 aliphatic heterocycles. The number of aliphatic carboxylic acids is 1. The van der Waals surface area contributed by atoms with E-state index in [9.17, 15) is 14.4 Å². The van der Waals surface area contributed by atoms with Gasteiger partial charge in [-0.1, -0.05) is 0 Å². The summed E-state index contributed by atoms with van der Waals surface area (Å²) >= 11 is 0. The van der Waals surface area contributed by atoms with Crippen LogP contribution in [0, 0.1) is 0 Å². The Morgan fingerprint density at radius 1 is 1.19 bits per heavy atom. The lowest BCUT2D eigenvalue weighted by molar-refractivity contribution is -0.133. The number of carbonyl (C=O) groups excluding carboxylic acids is 2. The lowest BCUT2D eigenvalue weighted by Gasteiger charge is -2.31. The van der Waals surface area contributed by atoms with Gasteiger partial charge in [-0.2, -0.15) is 0 Å². The molecular formula is C14H22N2O5. The van der Waals surface area contributed by atoms with E-state index in [2.05, 4.69) is 5.32 Å². The first kappa shape index (κ1) is 17.0. The third-order valence-electron chi connectivity index (χ3n) is 3.58. The molecule has 0 saturated carbocycles. The van der Waals surface area contributed by atoms with Gasteiger partial charge in [-0.25, -0.2) is 9.59 Å². The molecule has 7 heteroatoms. The minimum absolute atomic E-state index is 0.0384. The number of nitrogens with zero attached hydrogens (tertiary/aromatic N) is 1. The van der Waals surface area contributed by atoms with Crippen LogP contribution in [0.1, 0.15) is 33.6 Å². The van der Waals surface area contributed by atoms with Gasteiger partial charge in [-0.15, -0.1) is 0 Å². The summed E-state index contributed by atoms with van der Waals surface area (Å²) in [4.78, 5) is 35.9. The zero-order valence-electron chi connectivity index (χ0n) is 12.6. The Morgan fingerprint density at radius 2 is 1.76 bits per heavy atom. The summed E-state index contributed by atoms with van der Waals surface area (Å²) in [6, 6.07) is -0.0558. The fourth-order valence-corrected chi connectivity index (χ4v) is 2.05. The van der Waals surface area contributed by atoms with Crippen LogP contribution >= 0.6 is 0 Å². The van der Waals surface area contributed by atoms with Gasteiger partial charge in [-0.05, 0) is 33.6 Å². The highest BCUT2D eigenvalue weighted by Crippen LogP contribution is 2.13. The van der Waals surface area contributed by atoms with E-state index in [1.807, 2.05) is 0 Å². The number of ether oxygens (including phenoxy) is 1. The van der Waals surface area contributed by atoms with Gasteiger partial charge >= 0.3 is 12.1 Å². The zero-order valence-corrected chi connectivity index (χ0v) is 12.6. The van der Waals surface area contributed by atoms with Crippen LogP contribution in [0.3, 0.4) is 0 Å². The van der Waals surface area contributed by atoms with E-state index in [4.69, 9.17) is 9.84 Å². The molecule has 0 aromatic heterocycles. The summed E-state index contributed by atoms with van der Waals surface area (Å²) in [5.41, 5.74) is 0.242. The Labute approximate surface area is 123 Å². The van der Waals surface area contributed by atoms with Gasteiger partial charge in [0.2, 0.25) is 5.91 Å². The van der Waals surface area contributed by atoms with Gasteiger partial charge in [0.05, 0.1) is 6.61 Å². The third-order valence-corrected chi connectivity index (χ3v) is 3.58. The number of nitrogens with one attached hydrogen (secondary N) is 1. The van der Waals surface area contributed by atoms with Crippen molar-refractivity contribution >= 4 is 18.0 Å². The molecule has 0 spiro atoms. The number of carboxylic acid groups (broad SMARTS) is 1. The fourth-order valence-electron chi connectivity index (χ4n) is 2.05. The number of hydrogen-bond donors (Lipinski definition) is 2. The summed E-state index contributed by atoms with van der Waals surface area (Å²) in [5, 5.41) is 11.7. The van der Waals surface area contributed by atoms with Crippen LogP contribution in [0.5, 0.6) is 0 Å². The second-order valence-corrected chi connectivity index (χ2v) is 4.99. The number of carbonyl (C=O) groups is 3. The SMILES string of the molecule is CCOC(=O)N1CCC(NC(=O)C(C)=C(C)C(=O)O)CC1. The average molecular weight is 298 g/mol. The second kappa shape index (κ2) is 7.66. The smallest absolute Gasteiger partial charge is 0.409 e. The van der Waals surface area contributed by atoms with Crippen LogP contribution in [0.25, 0.3) is 0 Å². The summed E-state index contributed by atoms with van der Waals surface area (Å²) in [6.45, 7) is 6.03. The molecule has 0 aromatic rings. The fraction of sp³-hybridized carbons (Fsp3) is 0.643. The van der Waals surface area contributed by atoms with Crippen molar-refractivity contribution in [3.63, 3.8) is 0 Å². The van der Waals surface area contributed by atoms with Crippen molar-refractivity contribution in [2.45, 2.75) is 39.7 Å². The number of amides is 2. The van der Waals surface area contributed by atoms with E-state index in [1.165, 1.54) is 13.8 Å². The van der Waals surface area contributed by atoms with Crippen LogP contribution in [-0.4, -0.2) is 53.7 Å². The van der Waals surface area contributed by atoms with Gasteiger partial charge < -0.3 is 20.1 Å². The van der Waals surface area contributed by atoms with E-state index < -0.39 is 5.97 Å². The first-order chi connectivity index (χ1) is 9.86. The predicted octanol–water partition coefficient (Wildman–Crippen LogP) is 1.14. The molecule has 21 heavy (non-hydrogen) atoms. The molecule has 0 atom stereocenters. The van der Waals surface area contributed by atoms with Gasteiger partial charge in [0.1, 0.15) is 0 Å². The summed E-state index contributed by atoms with van der Waals surface area (Å²) in [6.07, 6.45) is 0.925. The number of hydrogen-bond acceptors (Lipinski definition) is 4. The maximum atomic E-state index is 11.9. The van der Waals surface area contributed by atoms with Crippen molar-refractivity contribution in [1.29, 1.82) is 0 Å². The lowest BCUT2D eigenvalue weighted by atomic mass is 10.0. The molecular weight excluding hydrogens is 276 g/mol. The molecule has 1 heterocycles. The Hall–Kier alpha value is -2.05. The van der Waals surface area contributed by atoms with Crippen LogP contribution < -0.4 is 5.32 Å². The topological polar surface area (TPSA) is 95.9 Å². The molecule has 1 fully saturated rings. The van der Waals surface area contributed by atoms with Crippen molar-refractivity contribution in [1.82, 2.24) is 10.2 Å². The van der Waals surface area contributed by atoms with E-state index in [1.54, 1.807) is 11.8 Å². The quantitative estimate of drug-likeness (QED) is 0.759.